The van der Waals surface area contributed by atoms with Gasteiger partial charge >= 0.3 is 0 Å². The predicted molar refractivity (Wildman–Crippen MR) is 103 cm³/mol. The normalized spacial score (nSPS) is 23.8. The summed E-state index contributed by atoms with van der Waals surface area (Å²) >= 11 is 1.47. The maximum atomic E-state index is 12.5. The first-order valence-corrected chi connectivity index (χ1v) is 10.1. The molecular formula is C20H23N3O2S. The van der Waals surface area contributed by atoms with Crippen LogP contribution >= 0.6 is 11.3 Å². The van der Waals surface area contributed by atoms with Gasteiger partial charge in [-0.1, -0.05) is 30.7 Å². The highest BCUT2D eigenvalue weighted by Crippen LogP contribution is 2.48. The summed E-state index contributed by atoms with van der Waals surface area (Å²) < 4.78 is 0. The number of nitrogens with zero attached hydrogens (tertiary/aromatic N) is 1. The van der Waals surface area contributed by atoms with Crippen LogP contribution in [0.4, 0.5) is 5.13 Å². The zero-order chi connectivity index (χ0) is 18.1. The van der Waals surface area contributed by atoms with Crippen LogP contribution in [0.1, 0.15) is 38.2 Å². The molecule has 2 saturated carbocycles. The van der Waals surface area contributed by atoms with E-state index < -0.39 is 0 Å². The molecule has 2 N–H and O–H groups in total. The van der Waals surface area contributed by atoms with Crippen molar-refractivity contribution in [1.29, 1.82) is 0 Å². The van der Waals surface area contributed by atoms with Gasteiger partial charge in [-0.05, 0) is 36.7 Å². The number of anilines is 1. The molecule has 2 aliphatic carbocycles. The van der Waals surface area contributed by atoms with Gasteiger partial charge in [0.25, 0.3) is 0 Å². The Morgan fingerprint density at radius 3 is 2.65 bits per heavy atom. The molecule has 0 spiro atoms. The number of fused-ring (bicyclic) bond motifs is 2. The van der Waals surface area contributed by atoms with Gasteiger partial charge in [-0.3, -0.25) is 9.59 Å². The summed E-state index contributed by atoms with van der Waals surface area (Å²) in [6, 6.07) is 7.96. The van der Waals surface area contributed by atoms with Gasteiger partial charge in [-0.15, -0.1) is 11.3 Å². The van der Waals surface area contributed by atoms with Gasteiger partial charge in [-0.2, -0.15) is 0 Å². The van der Waals surface area contributed by atoms with E-state index in [0.717, 1.165) is 29.2 Å². The molecule has 6 heteroatoms. The molecule has 136 valence electrons. The zero-order valence-corrected chi connectivity index (χ0v) is 15.6. The highest BCUT2D eigenvalue weighted by atomic mass is 32.1. The molecule has 1 aromatic carbocycles. The van der Waals surface area contributed by atoms with Gasteiger partial charge in [0, 0.05) is 30.3 Å². The van der Waals surface area contributed by atoms with Crippen LogP contribution in [-0.2, 0) is 16.1 Å². The molecule has 3 atom stereocenters. The number of hydrogen-bond acceptors (Lipinski definition) is 4. The van der Waals surface area contributed by atoms with Crippen LogP contribution < -0.4 is 10.6 Å². The average molecular weight is 369 g/mol. The Bertz CT molecular complexity index is 815. The lowest BCUT2D eigenvalue weighted by Crippen LogP contribution is -2.27. The maximum Gasteiger partial charge on any atom is 0.229 e. The van der Waals surface area contributed by atoms with Gasteiger partial charge < -0.3 is 10.6 Å². The quantitative estimate of drug-likeness (QED) is 0.842. The molecule has 4 rings (SSSR count). The number of thiazole rings is 1. The summed E-state index contributed by atoms with van der Waals surface area (Å²) in [7, 11) is 0. The highest BCUT2D eigenvalue weighted by molar-refractivity contribution is 7.14. The average Bonchev–Trinajstić information content (AvgIpc) is 3.37. The molecule has 2 aromatic rings. The summed E-state index contributed by atoms with van der Waals surface area (Å²) in [5, 5.41) is 8.46. The minimum Gasteiger partial charge on any atom is -0.352 e. The maximum absolute atomic E-state index is 12.5. The molecule has 0 saturated heterocycles. The molecule has 0 unspecified atom stereocenters. The van der Waals surface area contributed by atoms with Crippen molar-refractivity contribution < 1.29 is 9.59 Å². The Balaban J connectivity index is 1.38. The molecule has 1 heterocycles. The summed E-state index contributed by atoms with van der Waals surface area (Å²) in [6.07, 6.45) is 4.78. The number of aromatic nitrogens is 1. The van der Waals surface area contributed by atoms with Crippen LogP contribution in [0.2, 0.25) is 0 Å². The Labute approximate surface area is 157 Å². The molecule has 26 heavy (non-hydrogen) atoms. The van der Waals surface area contributed by atoms with Gasteiger partial charge in [0.05, 0.1) is 5.69 Å². The molecule has 5 nitrogen and oxygen atoms in total. The second kappa shape index (κ2) is 7.19. The van der Waals surface area contributed by atoms with Crippen molar-refractivity contribution in [2.75, 3.05) is 5.32 Å². The minimum absolute atomic E-state index is 0.0376. The lowest BCUT2D eigenvalue weighted by Gasteiger charge is -2.19. The SMILES string of the molecule is CC(=O)NCc1ccc(-c2csc(NC(=O)[C@@H]3C[C@H]4CC[C@H]3C4)n2)cc1. The number of carbonyl (C=O) groups excluding carboxylic acids is 2. The number of carbonyl (C=O) groups is 2. The van der Waals surface area contributed by atoms with Crippen molar-refractivity contribution in [2.24, 2.45) is 17.8 Å². The van der Waals surface area contributed by atoms with E-state index in [1.54, 1.807) is 0 Å². The van der Waals surface area contributed by atoms with Gasteiger partial charge in [0.2, 0.25) is 11.8 Å². The standard InChI is InChI=1S/C20H23N3O2S/c1-12(24)21-10-13-2-5-15(6-3-13)18-11-26-20(22-18)23-19(25)17-9-14-4-7-16(17)8-14/h2-3,5-6,11,14,16-17H,4,7-10H2,1H3,(H,21,24)(H,22,23,25)/t14-,16-,17+/m0/s1. The number of rotatable bonds is 5. The van der Waals surface area contributed by atoms with Crippen molar-refractivity contribution in [3.05, 3.63) is 35.2 Å². The molecule has 2 aliphatic rings. The molecule has 2 fully saturated rings. The van der Waals surface area contributed by atoms with E-state index >= 15 is 0 Å². The number of nitrogens with one attached hydrogen (secondary N) is 2. The van der Waals surface area contributed by atoms with E-state index in [4.69, 9.17) is 0 Å². The minimum atomic E-state index is -0.0376. The van der Waals surface area contributed by atoms with E-state index in [-0.39, 0.29) is 17.7 Å². The number of amides is 2. The molecular weight excluding hydrogens is 346 g/mol. The molecule has 2 bridgehead atoms. The summed E-state index contributed by atoms with van der Waals surface area (Å²) in [5.74, 6) is 1.62. The topological polar surface area (TPSA) is 71.1 Å². The van der Waals surface area contributed by atoms with Gasteiger partial charge in [-0.25, -0.2) is 4.98 Å². The first-order valence-electron chi connectivity index (χ1n) is 9.18. The smallest absolute Gasteiger partial charge is 0.229 e. The molecule has 0 radical (unpaired) electrons. The van der Waals surface area contributed by atoms with Crippen molar-refractivity contribution in [3.8, 4) is 11.3 Å². The van der Waals surface area contributed by atoms with Gasteiger partial charge in [0.1, 0.15) is 0 Å². The second-order valence-electron chi connectivity index (χ2n) is 7.42. The van der Waals surface area contributed by atoms with Crippen molar-refractivity contribution in [2.45, 2.75) is 39.2 Å². The predicted octanol–water partition coefficient (Wildman–Crippen LogP) is 3.82. The van der Waals surface area contributed by atoms with E-state index in [2.05, 4.69) is 15.6 Å². The van der Waals surface area contributed by atoms with Crippen LogP contribution in [0.3, 0.4) is 0 Å². The summed E-state index contributed by atoms with van der Waals surface area (Å²) in [5.41, 5.74) is 2.92. The van der Waals surface area contributed by atoms with E-state index in [1.807, 2.05) is 29.6 Å². The monoisotopic (exact) mass is 369 g/mol. The first-order chi connectivity index (χ1) is 12.6. The Morgan fingerprint density at radius 2 is 2.00 bits per heavy atom. The van der Waals surface area contributed by atoms with E-state index in [0.29, 0.717) is 17.6 Å². The Kier molecular flexibility index (Phi) is 4.76. The third-order valence-corrected chi connectivity index (χ3v) is 6.36. The van der Waals surface area contributed by atoms with Crippen molar-refractivity contribution in [3.63, 3.8) is 0 Å². The molecule has 0 aliphatic heterocycles. The third kappa shape index (κ3) is 3.65. The molecule has 2 amide bonds. The van der Waals surface area contributed by atoms with Crippen LogP contribution in [0.5, 0.6) is 0 Å². The van der Waals surface area contributed by atoms with Crippen molar-refractivity contribution in [1.82, 2.24) is 10.3 Å². The van der Waals surface area contributed by atoms with Crippen molar-refractivity contribution >= 4 is 28.3 Å². The summed E-state index contributed by atoms with van der Waals surface area (Å²) in [4.78, 5) is 28.1. The second-order valence-corrected chi connectivity index (χ2v) is 8.27. The first kappa shape index (κ1) is 17.2. The largest absolute Gasteiger partial charge is 0.352 e. The summed E-state index contributed by atoms with van der Waals surface area (Å²) in [6.45, 7) is 2.04. The highest BCUT2D eigenvalue weighted by Gasteiger charge is 2.43. The fourth-order valence-electron chi connectivity index (χ4n) is 4.25. The Morgan fingerprint density at radius 1 is 1.19 bits per heavy atom. The van der Waals surface area contributed by atoms with Crippen LogP contribution in [0.25, 0.3) is 11.3 Å². The number of benzene rings is 1. The zero-order valence-electron chi connectivity index (χ0n) is 14.8. The van der Waals surface area contributed by atoms with Crippen LogP contribution in [-0.4, -0.2) is 16.8 Å². The fourth-order valence-corrected chi connectivity index (χ4v) is 4.97. The third-order valence-electron chi connectivity index (χ3n) is 5.60. The van der Waals surface area contributed by atoms with Gasteiger partial charge in [0.15, 0.2) is 5.13 Å². The van der Waals surface area contributed by atoms with Crippen LogP contribution in [0.15, 0.2) is 29.6 Å². The van der Waals surface area contributed by atoms with E-state index in [9.17, 15) is 9.59 Å². The van der Waals surface area contributed by atoms with Crippen LogP contribution in [0, 0.1) is 17.8 Å². The fraction of sp³-hybridized carbons (Fsp3) is 0.450. The Hall–Kier alpha value is -2.21. The molecule has 1 aromatic heterocycles. The van der Waals surface area contributed by atoms with E-state index in [1.165, 1.54) is 37.5 Å². The number of hydrogen-bond donors (Lipinski definition) is 2. The lowest BCUT2D eigenvalue weighted by atomic mass is 9.88. The lowest BCUT2D eigenvalue weighted by molar-refractivity contribution is -0.121.